The Kier molecular flexibility index (Phi) is 4.43. The number of halogens is 1. The van der Waals surface area contributed by atoms with E-state index in [9.17, 15) is 4.79 Å². The number of ether oxygens (including phenoxy) is 3. The number of hydrogen-bond acceptors (Lipinski definition) is 4. The summed E-state index contributed by atoms with van der Waals surface area (Å²) in [6.07, 6.45) is 0. The fourth-order valence-electron chi connectivity index (χ4n) is 1.35. The Bertz CT molecular complexity index is 365. The molecule has 5 heteroatoms. The zero-order chi connectivity index (χ0) is 12.1. The maximum Gasteiger partial charge on any atom is 0.185 e. The van der Waals surface area contributed by atoms with Crippen molar-refractivity contribution in [2.24, 2.45) is 0 Å². The van der Waals surface area contributed by atoms with Crippen molar-refractivity contribution in [3.63, 3.8) is 0 Å². The topological polar surface area (TPSA) is 44.8 Å². The van der Waals surface area contributed by atoms with Gasteiger partial charge in [0.1, 0.15) is 22.8 Å². The number of carbonyl (C=O) groups is 1. The Balaban J connectivity index is 3.37. The van der Waals surface area contributed by atoms with Gasteiger partial charge in [-0.25, -0.2) is 0 Å². The van der Waals surface area contributed by atoms with Gasteiger partial charge in [-0.3, -0.25) is 4.79 Å². The molecule has 0 amide bonds. The molecule has 16 heavy (non-hydrogen) atoms. The number of ketones is 1. The second kappa shape index (κ2) is 5.61. The average Bonchev–Trinajstić information content (AvgIpc) is 2.35. The van der Waals surface area contributed by atoms with E-state index in [1.54, 1.807) is 12.1 Å². The van der Waals surface area contributed by atoms with Crippen LogP contribution in [0.3, 0.4) is 0 Å². The predicted molar refractivity (Wildman–Crippen MR) is 61.1 cm³/mol. The van der Waals surface area contributed by atoms with Crippen LogP contribution in [0.15, 0.2) is 12.1 Å². The zero-order valence-electron chi connectivity index (χ0n) is 9.37. The normalized spacial score (nSPS) is 9.75. The van der Waals surface area contributed by atoms with Gasteiger partial charge in [-0.15, -0.1) is 11.6 Å². The third kappa shape index (κ3) is 2.39. The van der Waals surface area contributed by atoms with Crippen molar-refractivity contribution in [3.8, 4) is 17.2 Å². The fraction of sp³-hybridized carbons (Fsp3) is 0.364. The number of rotatable bonds is 5. The molecule has 0 aromatic heterocycles. The molecule has 0 aliphatic carbocycles. The van der Waals surface area contributed by atoms with Gasteiger partial charge < -0.3 is 14.2 Å². The zero-order valence-corrected chi connectivity index (χ0v) is 10.1. The van der Waals surface area contributed by atoms with Crippen LogP contribution in [-0.2, 0) is 0 Å². The SMILES string of the molecule is COc1cc(OC)c(C(=O)CCl)c(OC)c1. The molecule has 4 nitrogen and oxygen atoms in total. The molecule has 1 aromatic carbocycles. The summed E-state index contributed by atoms with van der Waals surface area (Å²) in [5.41, 5.74) is 0.334. The van der Waals surface area contributed by atoms with Gasteiger partial charge in [-0.05, 0) is 0 Å². The van der Waals surface area contributed by atoms with E-state index in [0.717, 1.165) is 0 Å². The lowest BCUT2D eigenvalue weighted by Gasteiger charge is -2.13. The molecule has 0 fully saturated rings. The minimum absolute atomic E-state index is 0.126. The number of methoxy groups -OCH3 is 3. The van der Waals surface area contributed by atoms with Crippen LogP contribution < -0.4 is 14.2 Å². The second-order valence-corrected chi connectivity index (χ2v) is 3.23. The summed E-state index contributed by atoms with van der Waals surface area (Å²) in [7, 11) is 4.47. The Morgan fingerprint density at radius 2 is 1.62 bits per heavy atom. The van der Waals surface area contributed by atoms with Gasteiger partial charge in [0.2, 0.25) is 0 Å². The Morgan fingerprint density at radius 3 is 1.94 bits per heavy atom. The fourth-order valence-corrected chi connectivity index (χ4v) is 1.48. The molecule has 1 aromatic rings. The molecule has 88 valence electrons. The molecule has 0 aliphatic rings. The van der Waals surface area contributed by atoms with Crippen LogP contribution in [-0.4, -0.2) is 33.0 Å². The first kappa shape index (κ1) is 12.6. The van der Waals surface area contributed by atoms with Crippen molar-refractivity contribution in [1.29, 1.82) is 0 Å². The van der Waals surface area contributed by atoms with Crippen LogP contribution in [0.25, 0.3) is 0 Å². The lowest BCUT2D eigenvalue weighted by Crippen LogP contribution is -2.06. The van der Waals surface area contributed by atoms with Crippen molar-refractivity contribution in [2.75, 3.05) is 27.2 Å². The van der Waals surface area contributed by atoms with Crippen molar-refractivity contribution in [3.05, 3.63) is 17.7 Å². The summed E-state index contributed by atoms with van der Waals surface area (Å²) in [6, 6.07) is 3.23. The summed E-state index contributed by atoms with van der Waals surface area (Å²) >= 11 is 5.53. The number of benzene rings is 1. The van der Waals surface area contributed by atoms with Crippen LogP contribution in [0, 0.1) is 0 Å². The molecule has 0 N–H and O–H groups in total. The van der Waals surface area contributed by atoms with Gasteiger partial charge in [0.05, 0.1) is 27.2 Å². The Labute approximate surface area is 99.1 Å². The van der Waals surface area contributed by atoms with Gasteiger partial charge in [0.25, 0.3) is 0 Å². The van der Waals surface area contributed by atoms with E-state index >= 15 is 0 Å². The van der Waals surface area contributed by atoms with Gasteiger partial charge in [0.15, 0.2) is 5.78 Å². The number of Topliss-reactive ketones (excluding diaryl/α,β-unsaturated/α-hetero) is 1. The van der Waals surface area contributed by atoms with E-state index in [1.165, 1.54) is 21.3 Å². The minimum Gasteiger partial charge on any atom is -0.496 e. The highest BCUT2D eigenvalue weighted by Gasteiger charge is 2.19. The third-order valence-electron chi connectivity index (χ3n) is 2.12. The molecule has 0 heterocycles. The first-order valence-electron chi connectivity index (χ1n) is 4.57. The first-order valence-corrected chi connectivity index (χ1v) is 5.10. The van der Waals surface area contributed by atoms with Gasteiger partial charge in [-0.2, -0.15) is 0 Å². The smallest absolute Gasteiger partial charge is 0.185 e. The molecule has 0 atom stereocenters. The first-order chi connectivity index (χ1) is 7.67. The van der Waals surface area contributed by atoms with E-state index in [-0.39, 0.29) is 11.7 Å². The van der Waals surface area contributed by atoms with Gasteiger partial charge in [-0.1, -0.05) is 0 Å². The summed E-state index contributed by atoms with van der Waals surface area (Å²) in [4.78, 5) is 11.6. The van der Waals surface area contributed by atoms with Crippen molar-refractivity contribution < 1.29 is 19.0 Å². The molecule has 0 aliphatic heterocycles. The second-order valence-electron chi connectivity index (χ2n) is 2.96. The molecular formula is C11H13ClO4. The largest absolute Gasteiger partial charge is 0.496 e. The quantitative estimate of drug-likeness (QED) is 0.588. The van der Waals surface area contributed by atoms with E-state index in [2.05, 4.69) is 0 Å². The van der Waals surface area contributed by atoms with Gasteiger partial charge in [0, 0.05) is 12.1 Å². The summed E-state index contributed by atoms with van der Waals surface area (Å²) in [5.74, 6) is 0.959. The van der Waals surface area contributed by atoms with Crippen molar-refractivity contribution >= 4 is 17.4 Å². The maximum absolute atomic E-state index is 11.6. The summed E-state index contributed by atoms with van der Waals surface area (Å²) in [5, 5.41) is 0. The van der Waals surface area contributed by atoms with E-state index in [4.69, 9.17) is 25.8 Å². The highest BCUT2D eigenvalue weighted by atomic mass is 35.5. The van der Waals surface area contributed by atoms with Gasteiger partial charge >= 0.3 is 0 Å². The highest BCUT2D eigenvalue weighted by Crippen LogP contribution is 2.34. The summed E-state index contributed by atoms with van der Waals surface area (Å²) < 4.78 is 15.3. The van der Waals surface area contributed by atoms with Crippen LogP contribution in [0.2, 0.25) is 0 Å². The molecule has 1 rings (SSSR count). The molecule has 0 radical (unpaired) electrons. The number of alkyl halides is 1. The van der Waals surface area contributed by atoms with E-state index < -0.39 is 0 Å². The molecule has 0 saturated carbocycles. The third-order valence-corrected chi connectivity index (χ3v) is 2.36. The van der Waals surface area contributed by atoms with Crippen LogP contribution >= 0.6 is 11.6 Å². The van der Waals surface area contributed by atoms with Crippen molar-refractivity contribution in [1.82, 2.24) is 0 Å². The lowest BCUT2D eigenvalue weighted by atomic mass is 10.1. The standard InChI is InChI=1S/C11H13ClO4/c1-14-7-4-9(15-2)11(8(13)6-12)10(5-7)16-3/h4-5H,6H2,1-3H3. The summed E-state index contributed by atoms with van der Waals surface area (Å²) in [6.45, 7) is 0. The van der Waals surface area contributed by atoms with Crippen molar-refractivity contribution in [2.45, 2.75) is 0 Å². The molecular weight excluding hydrogens is 232 g/mol. The highest BCUT2D eigenvalue weighted by molar-refractivity contribution is 6.31. The van der Waals surface area contributed by atoms with E-state index in [0.29, 0.717) is 22.8 Å². The lowest BCUT2D eigenvalue weighted by molar-refractivity contribution is 0.101. The average molecular weight is 245 g/mol. The Morgan fingerprint density at radius 1 is 1.12 bits per heavy atom. The maximum atomic E-state index is 11.6. The number of hydrogen-bond donors (Lipinski definition) is 0. The minimum atomic E-state index is -0.252. The van der Waals surface area contributed by atoms with Crippen LogP contribution in [0.4, 0.5) is 0 Å². The molecule has 0 spiro atoms. The Hall–Kier alpha value is -1.42. The number of carbonyl (C=O) groups excluding carboxylic acids is 1. The molecule has 0 saturated heterocycles. The molecule has 0 unspecified atom stereocenters. The van der Waals surface area contributed by atoms with E-state index in [1.807, 2.05) is 0 Å². The monoisotopic (exact) mass is 244 g/mol. The molecule has 0 bridgehead atoms. The van der Waals surface area contributed by atoms with Crippen LogP contribution in [0.5, 0.6) is 17.2 Å². The predicted octanol–water partition coefficient (Wildman–Crippen LogP) is 2.13. The van der Waals surface area contributed by atoms with Crippen LogP contribution in [0.1, 0.15) is 10.4 Å².